The Morgan fingerprint density at radius 1 is 0.857 bits per heavy atom. The molecule has 0 aliphatic rings. The third kappa shape index (κ3) is 13.8. The van der Waals surface area contributed by atoms with Crippen molar-refractivity contribution in [3.05, 3.63) is 81.0 Å². The van der Waals surface area contributed by atoms with Crippen LogP contribution in [-0.2, 0) is 12.8 Å². The summed E-state index contributed by atoms with van der Waals surface area (Å²) in [5, 5.41) is 0. The van der Waals surface area contributed by atoms with Gasteiger partial charge in [-0.2, -0.15) is 0 Å². The third-order valence-electron chi connectivity index (χ3n) is 2.32. The summed E-state index contributed by atoms with van der Waals surface area (Å²) >= 11 is 0. The summed E-state index contributed by atoms with van der Waals surface area (Å²) in [6, 6.07) is 11.7. The second-order valence-corrected chi connectivity index (χ2v) is 4.00. The van der Waals surface area contributed by atoms with Crippen molar-refractivity contribution >= 4 is 23.9 Å². The summed E-state index contributed by atoms with van der Waals surface area (Å²) < 4.78 is 0. The van der Waals surface area contributed by atoms with E-state index in [2.05, 4.69) is 37.7 Å². The van der Waals surface area contributed by atoms with E-state index in [0.29, 0.717) is 0 Å². The molecule has 0 saturated carbocycles. The first-order chi connectivity index (χ1) is 9.78. The van der Waals surface area contributed by atoms with Crippen LogP contribution in [0, 0.1) is 20.8 Å². The molecule has 113 valence electrons. The monoisotopic (exact) mass is 391 g/mol. The molecule has 0 amide bonds. The van der Waals surface area contributed by atoms with Gasteiger partial charge in [0, 0.05) is 49.1 Å². The molecule has 0 aromatic carbocycles. The maximum absolute atomic E-state index is 4.03. The topological polar surface area (TPSA) is 25.8 Å². The van der Waals surface area contributed by atoms with Crippen molar-refractivity contribution in [2.24, 2.45) is 0 Å². The van der Waals surface area contributed by atoms with E-state index in [0.717, 1.165) is 30.7 Å². The molecule has 2 aromatic rings. The molecule has 0 aliphatic carbocycles. The summed E-state index contributed by atoms with van der Waals surface area (Å²) in [5.74, 6) is 0. The zero-order valence-corrected chi connectivity index (χ0v) is 15.8. The Hall–Kier alpha value is -0.901. The summed E-state index contributed by atoms with van der Waals surface area (Å²) in [6.45, 7) is 13.1. The van der Waals surface area contributed by atoms with Gasteiger partial charge in [0.25, 0.3) is 0 Å². The first kappa shape index (κ1) is 22.4. The van der Waals surface area contributed by atoms with Crippen molar-refractivity contribution in [3.63, 3.8) is 0 Å². The fourth-order valence-corrected chi connectivity index (χ4v) is 1.09. The van der Waals surface area contributed by atoms with Crippen LogP contribution in [0.4, 0.5) is 0 Å². The molecular weight excluding hydrogens is 363 g/mol. The predicted octanol–water partition coefficient (Wildman–Crippen LogP) is 4.40. The molecule has 3 heteroatoms. The van der Waals surface area contributed by atoms with Crippen LogP contribution in [0.2, 0.25) is 0 Å². The third-order valence-corrected chi connectivity index (χ3v) is 2.32. The minimum absolute atomic E-state index is 0. The summed E-state index contributed by atoms with van der Waals surface area (Å²) in [4.78, 5) is 8.07. The Kier molecular flexibility index (Phi) is 18.3. The van der Waals surface area contributed by atoms with E-state index in [1.54, 1.807) is 12.4 Å². The maximum atomic E-state index is 4.03. The Morgan fingerprint density at radius 2 is 1.24 bits per heavy atom. The molecule has 0 bridgehead atoms. The van der Waals surface area contributed by atoms with E-state index in [-0.39, 0.29) is 25.3 Å². The van der Waals surface area contributed by atoms with Gasteiger partial charge in [0.2, 0.25) is 0 Å². The Bertz CT molecular complexity index is 368. The van der Waals surface area contributed by atoms with Crippen molar-refractivity contribution in [1.82, 2.24) is 9.97 Å². The van der Waals surface area contributed by atoms with E-state index < -0.39 is 0 Å². The van der Waals surface area contributed by atoms with Gasteiger partial charge in [-0.15, -0.1) is 0 Å². The average molecular weight is 390 g/mol. The number of hydrogen-bond acceptors (Lipinski definition) is 2. The first-order valence-electron chi connectivity index (χ1n) is 6.96. The second-order valence-electron chi connectivity index (χ2n) is 4.00. The van der Waals surface area contributed by atoms with Gasteiger partial charge in [-0.25, -0.2) is 0 Å². The molecule has 0 saturated heterocycles. The molecule has 0 spiro atoms. The first-order valence-corrected chi connectivity index (χ1v) is 6.96. The number of hydrogen-bond donors (Lipinski definition) is 0. The maximum Gasteiger partial charge on any atom is 0.0403 e. The van der Waals surface area contributed by atoms with Crippen molar-refractivity contribution < 1.29 is 1.43 Å². The van der Waals surface area contributed by atoms with Crippen LogP contribution >= 0.6 is 0 Å². The van der Waals surface area contributed by atoms with Gasteiger partial charge in [-0.05, 0) is 51.0 Å². The summed E-state index contributed by atoms with van der Waals surface area (Å²) in [7, 11) is 0. The van der Waals surface area contributed by atoms with Gasteiger partial charge >= 0.3 is 0 Å². The number of unbranched alkanes of at least 4 members (excludes halogenated alkanes) is 1. The number of pyridine rings is 2. The van der Waals surface area contributed by atoms with Crippen LogP contribution in [-0.4, -0.2) is 33.9 Å². The molecule has 0 fully saturated rings. The number of aromatic nitrogens is 2. The summed E-state index contributed by atoms with van der Waals surface area (Å²) in [6.07, 6.45) is 7.39. The molecular formula is C18H27N2Sn. The van der Waals surface area contributed by atoms with Gasteiger partial charge in [0.1, 0.15) is 0 Å². The molecule has 2 rings (SSSR count). The quantitative estimate of drug-likeness (QED) is 0.727. The standard InChI is InChI=1S/2C7H8N.C4H9.Sn.H2/c2*1-2-7-5-3-4-6-8-7;1-3-4-2;;/h2*3-6H,1-2H2;1,3-4H2,2H3;;1H. The number of rotatable bonds is 3. The largest absolute Gasteiger partial charge is 0.261 e. The Morgan fingerprint density at radius 3 is 1.38 bits per heavy atom. The average Bonchev–Trinajstić information content (AvgIpc) is 2.57. The van der Waals surface area contributed by atoms with Crippen LogP contribution in [0.3, 0.4) is 0 Å². The fourth-order valence-electron chi connectivity index (χ4n) is 1.09. The van der Waals surface area contributed by atoms with Gasteiger partial charge in [-0.1, -0.05) is 38.8 Å². The smallest absolute Gasteiger partial charge is 0.0403 e. The van der Waals surface area contributed by atoms with Crippen molar-refractivity contribution in [3.8, 4) is 0 Å². The van der Waals surface area contributed by atoms with E-state index in [1.165, 1.54) is 6.42 Å². The Labute approximate surface area is 148 Å². The van der Waals surface area contributed by atoms with Crippen molar-refractivity contribution in [1.29, 1.82) is 0 Å². The molecule has 2 aromatic heterocycles. The molecule has 0 unspecified atom stereocenters. The summed E-state index contributed by atoms with van der Waals surface area (Å²) in [5.41, 5.74) is 2.10. The van der Waals surface area contributed by atoms with E-state index in [4.69, 9.17) is 0 Å². The van der Waals surface area contributed by atoms with Crippen molar-refractivity contribution in [2.75, 3.05) is 0 Å². The van der Waals surface area contributed by atoms with Gasteiger partial charge < -0.3 is 0 Å². The van der Waals surface area contributed by atoms with Crippen LogP contribution in [0.5, 0.6) is 0 Å². The minimum atomic E-state index is 0. The van der Waals surface area contributed by atoms with E-state index in [9.17, 15) is 0 Å². The van der Waals surface area contributed by atoms with Gasteiger partial charge in [-0.3, -0.25) is 9.97 Å². The zero-order chi connectivity index (χ0) is 15.1. The van der Waals surface area contributed by atoms with Crippen molar-refractivity contribution in [2.45, 2.75) is 32.6 Å². The van der Waals surface area contributed by atoms with Crippen LogP contribution in [0.1, 0.15) is 32.6 Å². The Balaban J connectivity index is -0.000000249. The molecule has 21 heavy (non-hydrogen) atoms. The molecule has 2 heterocycles. The van der Waals surface area contributed by atoms with Crippen LogP contribution < -0.4 is 0 Å². The van der Waals surface area contributed by atoms with Crippen LogP contribution in [0.25, 0.3) is 0 Å². The van der Waals surface area contributed by atoms with E-state index >= 15 is 0 Å². The zero-order valence-electron chi connectivity index (χ0n) is 13.0. The molecule has 0 N–H and O–H groups in total. The van der Waals surface area contributed by atoms with Gasteiger partial charge in [0.15, 0.2) is 0 Å². The normalized spacial score (nSPS) is 8.38. The molecule has 7 radical (unpaired) electrons. The molecule has 2 nitrogen and oxygen atoms in total. The van der Waals surface area contributed by atoms with Gasteiger partial charge in [0.05, 0.1) is 0 Å². The molecule has 0 aliphatic heterocycles. The second kappa shape index (κ2) is 17.2. The fraction of sp³-hybridized carbons (Fsp3) is 0.278. The van der Waals surface area contributed by atoms with E-state index in [1.807, 2.05) is 36.4 Å². The van der Waals surface area contributed by atoms with Crippen LogP contribution in [0.15, 0.2) is 48.8 Å². The SMILES string of the molecule is [CH2]CCC.[CH2]Cc1ccccn1.[CH2]Cc1ccccn1.[HH].[Sn]. The number of nitrogens with zero attached hydrogens (tertiary/aromatic N) is 2. The predicted molar refractivity (Wildman–Crippen MR) is 94.7 cm³/mol. The minimum Gasteiger partial charge on any atom is -0.261 e. The molecule has 0 atom stereocenters.